The molecule has 3 rings (SSSR count). The molecule has 2 N–H and O–H groups in total. The molecule has 3 nitrogen and oxygen atoms in total. The van der Waals surface area contributed by atoms with Crippen molar-refractivity contribution in [1.29, 1.82) is 0 Å². The molecule has 1 atom stereocenters. The number of hydrogen-bond acceptors (Lipinski definition) is 2. The maximum Gasteiger partial charge on any atom is 0.153 e. The van der Waals surface area contributed by atoms with E-state index in [0.29, 0.717) is 5.52 Å². The Morgan fingerprint density at radius 2 is 2.19 bits per heavy atom. The summed E-state index contributed by atoms with van der Waals surface area (Å²) in [6.07, 6.45) is 0.976. The Bertz CT molecular complexity index is 529. The standard InChI is InChI=1S/C11H11F2N3/c12-7-3-8(13)10-9(4-7)15-11(16-10)6-1-2-14-5-6/h3-4,6,14H,1-2,5H2,(H,15,16). The number of nitrogens with zero attached hydrogens (tertiary/aromatic N) is 1. The van der Waals surface area contributed by atoms with Crippen LogP contribution in [0, 0.1) is 11.6 Å². The molecule has 1 fully saturated rings. The summed E-state index contributed by atoms with van der Waals surface area (Å²) < 4.78 is 26.4. The molecule has 1 aliphatic rings. The number of halogens is 2. The first kappa shape index (κ1) is 9.72. The van der Waals surface area contributed by atoms with Crippen LogP contribution >= 0.6 is 0 Å². The molecule has 5 heteroatoms. The molecule has 0 spiro atoms. The third-order valence-electron chi connectivity index (χ3n) is 2.97. The lowest BCUT2D eigenvalue weighted by atomic mass is 10.1. The topological polar surface area (TPSA) is 40.7 Å². The van der Waals surface area contributed by atoms with Gasteiger partial charge in [-0.3, -0.25) is 0 Å². The number of rotatable bonds is 1. The Hall–Kier alpha value is -1.49. The third kappa shape index (κ3) is 1.48. The summed E-state index contributed by atoms with van der Waals surface area (Å²) >= 11 is 0. The number of imidazole rings is 1. The fourth-order valence-corrected chi connectivity index (χ4v) is 2.14. The second-order valence-corrected chi connectivity index (χ2v) is 4.10. The maximum absolute atomic E-state index is 13.4. The van der Waals surface area contributed by atoms with Crippen LogP contribution in [0.1, 0.15) is 18.2 Å². The van der Waals surface area contributed by atoms with E-state index in [1.165, 1.54) is 6.07 Å². The predicted octanol–water partition coefficient (Wildman–Crippen LogP) is 1.92. The van der Waals surface area contributed by atoms with Crippen LogP contribution in [0.15, 0.2) is 12.1 Å². The van der Waals surface area contributed by atoms with Crippen molar-refractivity contribution < 1.29 is 8.78 Å². The van der Waals surface area contributed by atoms with Crippen LogP contribution in [-0.2, 0) is 0 Å². The van der Waals surface area contributed by atoms with E-state index >= 15 is 0 Å². The van der Waals surface area contributed by atoms with Gasteiger partial charge < -0.3 is 10.3 Å². The molecular formula is C11H11F2N3. The molecule has 0 bridgehead atoms. The average Bonchev–Trinajstić information content (AvgIpc) is 2.82. The van der Waals surface area contributed by atoms with Gasteiger partial charge >= 0.3 is 0 Å². The van der Waals surface area contributed by atoms with Crippen molar-refractivity contribution >= 4 is 11.0 Å². The summed E-state index contributed by atoms with van der Waals surface area (Å²) in [6.45, 7) is 1.78. The van der Waals surface area contributed by atoms with Gasteiger partial charge in [-0.15, -0.1) is 0 Å². The van der Waals surface area contributed by atoms with Gasteiger partial charge in [0.25, 0.3) is 0 Å². The monoisotopic (exact) mass is 223 g/mol. The lowest BCUT2D eigenvalue weighted by Gasteiger charge is -2.01. The van der Waals surface area contributed by atoms with E-state index in [9.17, 15) is 8.78 Å². The fraction of sp³-hybridized carbons (Fsp3) is 0.364. The van der Waals surface area contributed by atoms with Gasteiger partial charge in [-0.05, 0) is 19.0 Å². The summed E-state index contributed by atoms with van der Waals surface area (Å²) in [5.74, 6) is -0.174. The van der Waals surface area contributed by atoms with Crippen LogP contribution in [0.5, 0.6) is 0 Å². The van der Waals surface area contributed by atoms with Crippen molar-refractivity contribution in [1.82, 2.24) is 15.3 Å². The summed E-state index contributed by atoms with van der Waals surface area (Å²) in [5, 5.41) is 3.21. The number of aromatic amines is 1. The fourth-order valence-electron chi connectivity index (χ4n) is 2.14. The van der Waals surface area contributed by atoms with Crippen LogP contribution in [0.2, 0.25) is 0 Å². The first-order chi connectivity index (χ1) is 7.74. The predicted molar refractivity (Wildman–Crippen MR) is 56.2 cm³/mol. The summed E-state index contributed by atoms with van der Waals surface area (Å²) in [7, 11) is 0. The number of nitrogens with one attached hydrogen (secondary N) is 2. The van der Waals surface area contributed by atoms with E-state index in [1.54, 1.807) is 0 Å². The van der Waals surface area contributed by atoms with Gasteiger partial charge in [-0.2, -0.15) is 0 Å². The molecule has 2 aromatic rings. The highest BCUT2D eigenvalue weighted by Crippen LogP contribution is 2.24. The highest BCUT2D eigenvalue weighted by molar-refractivity contribution is 5.75. The molecular weight excluding hydrogens is 212 g/mol. The Morgan fingerprint density at radius 3 is 2.94 bits per heavy atom. The lowest BCUT2D eigenvalue weighted by molar-refractivity contribution is 0.590. The van der Waals surface area contributed by atoms with Gasteiger partial charge in [-0.25, -0.2) is 13.8 Å². The van der Waals surface area contributed by atoms with Crippen LogP contribution in [0.3, 0.4) is 0 Å². The quantitative estimate of drug-likeness (QED) is 0.775. The third-order valence-corrected chi connectivity index (χ3v) is 2.97. The van der Waals surface area contributed by atoms with Crippen molar-refractivity contribution in [3.63, 3.8) is 0 Å². The van der Waals surface area contributed by atoms with Crippen LogP contribution < -0.4 is 5.32 Å². The zero-order chi connectivity index (χ0) is 11.1. The van der Waals surface area contributed by atoms with E-state index < -0.39 is 11.6 Å². The van der Waals surface area contributed by atoms with Crippen molar-refractivity contribution in [2.24, 2.45) is 0 Å². The Labute approximate surface area is 90.9 Å². The minimum Gasteiger partial charge on any atom is -0.342 e. The molecule has 1 aromatic heterocycles. The van der Waals surface area contributed by atoms with Crippen LogP contribution in [-0.4, -0.2) is 23.1 Å². The molecule has 0 saturated carbocycles. The molecule has 16 heavy (non-hydrogen) atoms. The van der Waals surface area contributed by atoms with Crippen molar-refractivity contribution in [2.45, 2.75) is 12.3 Å². The SMILES string of the molecule is Fc1cc(F)c2nc(C3CCNC3)[nH]c2c1. The number of fused-ring (bicyclic) bond motifs is 1. The molecule has 1 unspecified atom stereocenters. The van der Waals surface area contributed by atoms with Gasteiger partial charge in [0.2, 0.25) is 0 Å². The minimum atomic E-state index is -0.608. The number of benzene rings is 1. The van der Waals surface area contributed by atoms with Crippen LogP contribution in [0.4, 0.5) is 8.78 Å². The van der Waals surface area contributed by atoms with E-state index in [0.717, 1.165) is 31.4 Å². The van der Waals surface area contributed by atoms with Gasteiger partial charge in [0.05, 0.1) is 5.52 Å². The average molecular weight is 223 g/mol. The van der Waals surface area contributed by atoms with E-state index in [-0.39, 0.29) is 11.4 Å². The van der Waals surface area contributed by atoms with E-state index in [4.69, 9.17) is 0 Å². The number of H-pyrrole nitrogens is 1. The van der Waals surface area contributed by atoms with Crippen molar-refractivity contribution in [2.75, 3.05) is 13.1 Å². The molecule has 84 valence electrons. The molecule has 2 heterocycles. The summed E-state index contributed by atoms with van der Waals surface area (Å²) in [4.78, 5) is 7.19. The smallest absolute Gasteiger partial charge is 0.153 e. The minimum absolute atomic E-state index is 0.225. The Kier molecular flexibility index (Phi) is 2.14. The molecule has 1 aromatic carbocycles. The first-order valence-corrected chi connectivity index (χ1v) is 5.29. The first-order valence-electron chi connectivity index (χ1n) is 5.29. The Morgan fingerprint density at radius 1 is 1.31 bits per heavy atom. The highest BCUT2D eigenvalue weighted by Gasteiger charge is 2.21. The van der Waals surface area contributed by atoms with Crippen LogP contribution in [0.25, 0.3) is 11.0 Å². The Balaban J connectivity index is 2.11. The summed E-state index contributed by atoms with van der Waals surface area (Å²) in [6, 6.07) is 2.14. The number of hydrogen-bond donors (Lipinski definition) is 2. The van der Waals surface area contributed by atoms with Crippen molar-refractivity contribution in [3.05, 3.63) is 29.6 Å². The zero-order valence-electron chi connectivity index (χ0n) is 8.56. The molecule has 0 amide bonds. The largest absolute Gasteiger partial charge is 0.342 e. The van der Waals surface area contributed by atoms with Crippen molar-refractivity contribution in [3.8, 4) is 0 Å². The molecule has 0 aliphatic carbocycles. The normalized spacial score (nSPS) is 20.8. The zero-order valence-corrected chi connectivity index (χ0v) is 8.56. The van der Waals surface area contributed by atoms with Gasteiger partial charge in [0, 0.05) is 18.5 Å². The second kappa shape index (κ2) is 3.52. The number of aromatic nitrogens is 2. The van der Waals surface area contributed by atoms with E-state index in [1.807, 2.05) is 0 Å². The molecule has 0 radical (unpaired) electrons. The van der Waals surface area contributed by atoms with E-state index in [2.05, 4.69) is 15.3 Å². The maximum atomic E-state index is 13.4. The summed E-state index contributed by atoms with van der Waals surface area (Å²) in [5.41, 5.74) is 0.655. The molecule has 1 saturated heterocycles. The molecule has 1 aliphatic heterocycles. The lowest BCUT2D eigenvalue weighted by Crippen LogP contribution is -2.08. The highest BCUT2D eigenvalue weighted by atomic mass is 19.1. The second-order valence-electron chi connectivity index (χ2n) is 4.10. The van der Waals surface area contributed by atoms with Gasteiger partial charge in [0.15, 0.2) is 5.82 Å². The van der Waals surface area contributed by atoms with Gasteiger partial charge in [0.1, 0.15) is 17.2 Å². The van der Waals surface area contributed by atoms with Gasteiger partial charge in [-0.1, -0.05) is 0 Å².